The summed E-state index contributed by atoms with van der Waals surface area (Å²) in [5, 5.41) is 6.96. The summed E-state index contributed by atoms with van der Waals surface area (Å²) in [4.78, 5) is 31.0. The molecule has 4 rings (SSSR count). The summed E-state index contributed by atoms with van der Waals surface area (Å²) in [6, 6.07) is 16.3. The Bertz CT molecular complexity index is 1350. The van der Waals surface area contributed by atoms with E-state index in [0.29, 0.717) is 12.2 Å². The van der Waals surface area contributed by atoms with Crippen LogP contribution in [0.25, 0.3) is 10.9 Å². The molecule has 2 N–H and O–H groups in total. The molecule has 2 amide bonds. The monoisotopic (exact) mass is 487 g/mol. The van der Waals surface area contributed by atoms with Gasteiger partial charge < -0.3 is 24.5 Å². The van der Waals surface area contributed by atoms with Crippen LogP contribution in [0.5, 0.6) is 0 Å². The number of benzene rings is 2. The third-order valence-electron chi connectivity index (χ3n) is 5.95. The van der Waals surface area contributed by atoms with E-state index in [9.17, 15) is 9.59 Å². The molecule has 0 fully saturated rings. The number of aryl methyl sites for hydroxylation is 2. The number of ether oxygens (including phenoxy) is 1. The van der Waals surface area contributed by atoms with Crippen molar-refractivity contribution in [2.45, 2.75) is 44.9 Å². The summed E-state index contributed by atoms with van der Waals surface area (Å²) >= 11 is 0. The Labute approximate surface area is 211 Å². The topological polar surface area (TPSA) is 90.2 Å². The first-order chi connectivity index (χ1) is 17.1. The lowest BCUT2D eigenvalue weighted by molar-refractivity contribution is -0.123. The Balaban J connectivity index is 1.66. The number of carbonyl (C=O) groups is 2. The molecule has 0 saturated carbocycles. The van der Waals surface area contributed by atoms with E-state index in [-0.39, 0.29) is 5.91 Å². The third kappa shape index (κ3) is 5.76. The van der Waals surface area contributed by atoms with Gasteiger partial charge in [-0.2, -0.15) is 0 Å². The number of hydrogen-bond acceptors (Lipinski definition) is 4. The number of aromatic nitrogens is 3. The second-order valence-corrected chi connectivity index (χ2v) is 9.93. The predicted octanol–water partition coefficient (Wildman–Crippen LogP) is 4.25. The number of alkyl carbamates (subject to hydrolysis) is 1. The fourth-order valence-corrected chi connectivity index (χ4v) is 4.31. The van der Waals surface area contributed by atoms with Gasteiger partial charge in [0, 0.05) is 50.0 Å². The van der Waals surface area contributed by atoms with Gasteiger partial charge in [-0.05, 0) is 38.0 Å². The fraction of sp³-hybridized carbons (Fsp3) is 0.321. The molecule has 8 nitrogen and oxygen atoms in total. The van der Waals surface area contributed by atoms with E-state index in [1.165, 1.54) is 0 Å². The zero-order chi connectivity index (χ0) is 25.9. The largest absolute Gasteiger partial charge is 0.444 e. The molecule has 188 valence electrons. The van der Waals surface area contributed by atoms with Crippen molar-refractivity contribution in [3.63, 3.8) is 0 Å². The Morgan fingerprint density at radius 2 is 1.67 bits per heavy atom. The Morgan fingerprint density at radius 3 is 2.33 bits per heavy atom. The Kier molecular flexibility index (Phi) is 7.15. The zero-order valence-corrected chi connectivity index (χ0v) is 21.4. The van der Waals surface area contributed by atoms with E-state index in [1.807, 2.05) is 90.2 Å². The average molecular weight is 488 g/mol. The first-order valence-electron chi connectivity index (χ1n) is 12.0. The fourth-order valence-electron chi connectivity index (χ4n) is 4.31. The van der Waals surface area contributed by atoms with Crippen molar-refractivity contribution in [3.05, 3.63) is 90.1 Å². The molecule has 2 aromatic heterocycles. The smallest absolute Gasteiger partial charge is 0.408 e. The first-order valence-corrected chi connectivity index (χ1v) is 12.0. The summed E-state index contributed by atoms with van der Waals surface area (Å²) in [5.41, 5.74) is 2.21. The van der Waals surface area contributed by atoms with Crippen LogP contribution in [0.1, 0.15) is 43.8 Å². The molecule has 36 heavy (non-hydrogen) atoms. The van der Waals surface area contributed by atoms with Gasteiger partial charge in [0.1, 0.15) is 23.5 Å². The highest BCUT2D eigenvalue weighted by molar-refractivity contribution is 5.89. The van der Waals surface area contributed by atoms with E-state index in [4.69, 9.17) is 4.74 Å². The molecule has 8 heteroatoms. The molecule has 0 saturated heterocycles. The minimum absolute atomic E-state index is 0.300. The van der Waals surface area contributed by atoms with Crippen molar-refractivity contribution in [3.8, 4) is 0 Å². The van der Waals surface area contributed by atoms with Gasteiger partial charge in [-0.3, -0.25) is 4.79 Å². The van der Waals surface area contributed by atoms with E-state index < -0.39 is 23.8 Å². The summed E-state index contributed by atoms with van der Waals surface area (Å²) in [6.45, 7) is 5.37. The van der Waals surface area contributed by atoms with Gasteiger partial charge in [0.05, 0.1) is 0 Å². The van der Waals surface area contributed by atoms with Crippen molar-refractivity contribution >= 4 is 22.9 Å². The SMILES string of the molecule is Cn1ccnc1[C@@H](NC(=O)[C@@H](Cc1cn(C)c2ccccc12)NC(=O)OC(C)(C)C)c1ccccc1. The predicted molar refractivity (Wildman–Crippen MR) is 139 cm³/mol. The van der Waals surface area contributed by atoms with Crippen molar-refractivity contribution in [1.29, 1.82) is 0 Å². The van der Waals surface area contributed by atoms with Crippen LogP contribution in [0.2, 0.25) is 0 Å². The molecular weight excluding hydrogens is 454 g/mol. The van der Waals surface area contributed by atoms with Crippen LogP contribution in [-0.2, 0) is 30.0 Å². The summed E-state index contributed by atoms with van der Waals surface area (Å²) in [5.74, 6) is 0.362. The van der Waals surface area contributed by atoms with E-state index in [2.05, 4.69) is 15.6 Å². The van der Waals surface area contributed by atoms with Crippen LogP contribution in [0.3, 0.4) is 0 Å². The number of para-hydroxylation sites is 1. The van der Waals surface area contributed by atoms with Crippen LogP contribution in [0, 0.1) is 0 Å². The van der Waals surface area contributed by atoms with Crippen LogP contribution in [-0.4, -0.2) is 37.8 Å². The van der Waals surface area contributed by atoms with Crippen molar-refractivity contribution < 1.29 is 14.3 Å². The lowest BCUT2D eigenvalue weighted by Gasteiger charge is -2.25. The maximum Gasteiger partial charge on any atom is 0.408 e. The normalized spacial score (nSPS) is 13.2. The molecule has 2 heterocycles. The van der Waals surface area contributed by atoms with Gasteiger partial charge in [-0.1, -0.05) is 48.5 Å². The minimum Gasteiger partial charge on any atom is -0.444 e. The molecule has 0 aliphatic rings. The van der Waals surface area contributed by atoms with Gasteiger partial charge in [0.15, 0.2) is 0 Å². The summed E-state index contributed by atoms with van der Waals surface area (Å²) in [7, 11) is 3.85. The molecule has 0 unspecified atom stereocenters. The molecule has 0 radical (unpaired) electrons. The van der Waals surface area contributed by atoms with Gasteiger partial charge in [-0.15, -0.1) is 0 Å². The summed E-state index contributed by atoms with van der Waals surface area (Å²) < 4.78 is 9.37. The highest BCUT2D eigenvalue weighted by atomic mass is 16.6. The van der Waals surface area contributed by atoms with Gasteiger partial charge >= 0.3 is 6.09 Å². The molecule has 0 bridgehead atoms. The van der Waals surface area contributed by atoms with Crippen LogP contribution in [0.4, 0.5) is 4.79 Å². The number of nitrogens with one attached hydrogen (secondary N) is 2. The van der Waals surface area contributed by atoms with Gasteiger partial charge in [-0.25, -0.2) is 9.78 Å². The summed E-state index contributed by atoms with van der Waals surface area (Å²) in [6.07, 6.45) is 5.19. The number of rotatable bonds is 7. The zero-order valence-electron chi connectivity index (χ0n) is 21.4. The molecule has 2 aromatic carbocycles. The molecule has 0 aliphatic heterocycles. The standard InChI is InChI=1S/C28H33N5O3/c1-28(2,3)36-27(35)30-22(17-20-18-33(5)23-14-10-9-13-21(20)23)26(34)31-24(19-11-7-6-8-12-19)25-29-15-16-32(25)4/h6-16,18,22,24H,17H2,1-5H3,(H,30,35)(H,31,34)/t22-,24+/m1/s1. The minimum atomic E-state index is -0.864. The maximum absolute atomic E-state index is 13.8. The van der Waals surface area contributed by atoms with Crippen molar-refractivity contribution in [1.82, 2.24) is 24.8 Å². The van der Waals surface area contributed by atoms with Crippen LogP contribution >= 0.6 is 0 Å². The lowest BCUT2D eigenvalue weighted by atomic mass is 10.0. The highest BCUT2D eigenvalue weighted by Crippen LogP contribution is 2.24. The van der Waals surface area contributed by atoms with Crippen LogP contribution in [0.15, 0.2) is 73.2 Å². The van der Waals surface area contributed by atoms with E-state index >= 15 is 0 Å². The number of fused-ring (bicyclic) bond motifs is 1. The van der Waals surface area contributed by atoms with Crippen LogP contribution < -0.4 is 10.6 Å². The number of hydrogen-bond donors (Lipinski definition) is 2. The van der Waals surface area contributed by atoms with E-state index in [1.54, 1.807) is 27.0 Å². The van der Waals surface area contributed by atoms with Gasteiger partial charge in [0.25, 0.3) is 0 Å². The Morgan fingerprint density at radius 1 is 0.972 bits per heavy atom. The quantitative estimate of drug-likeness (QED) is 0.408. The third-order valence-corrected chi connectivity index (χ3v) is 5.95. The Hall–Kier alpha value is -4.07. The maximum atomic E-state index is 13.8. The van der Waals surface area contributed by atoms with Crippen molar-refractivity contribution in [2.24, 2.45) is 14.1 Å². The lowest BCUT2D eigenvalue weighted by Crippen LogP contribution is -2.50. The highest BCUT2D eigenvalue weighted by Gasteiger charge is 2.29. The molecule has 2 atom stereocenters. The number of amides is 2. The number of imidazole rings is 1. The molecular formula is C28H33N5O3. The second kappa shape index (κ2) is 10.3. The molecule has 4 aromatic rings. The van der Waals surface area contributed by atoms with Crippen molar-refractivity contribution in [2.75, 3.05) is 0 Å². The number of carbonyl (C=O) groups excluding carboxylic acids is 2. The van der Waals surface area contributed by atoms with E-state index in [0.717, 1.165) is 22.0 Å². The first kappa shape index (κ1) is 25.0. The second-order valence-electron chi connectivity index (χ2n) is 9.93. The number of nitrogens with zero attached hydrogens (tertiary/aromatic N) is 3. The average Bonchev–Trinajstić information content (AvgIpc) is 3.39. The molecule has 0 spiro atoms. The van der Waals surface area contributed by atoms with Gasteiger partial charge in [0.2, 0.25) is 5.91 Å². The molecule has 0 aliphatic carbocycles.